The second kappa shape index (κ2) is 62.6. The van der Waals surface area contributed by atoms with Crippen molar-refractivity contribution >= 4 is 17.9 Å². The highest BCUT2D eigenvalue weighted by molar-refractivity contribution is 5.71. The molecule has 0 heterocycles. The first kappa shape index (κ1) is 71.1. The third kappa shape index (κ3) is 60.8. The van der Waals surface area contributed by atoms with E-state index in [2.05, 4.69) is 130 Å². The molecule has 0 saturated heterocycles. The smallest absolute Gasteiger partial charge is 0.306 e. The maximum Gasteiger partial charge on any atom is 0.306 e. The Bertz CT molecular complexity index is 1520. The molecule has 0 aromatic carbocycles. The Morgan fingerprint density at radius 3 is 0.813 bits per heavy atom. The van der Waals surface area contributed by atoms with E-state index >= 15 is 0 Å². The fraction of sp³-hybridized carbons (Fsp3) is 0.696. The van der Waals surface area contributed by atoms with Crippen molar-refractivity contribution in [3.63, 3.8) is 0 Å². The van der Waals surface area contributed by atoms with Gasteiger partial charge in [-0.25, -0.2) is 0 Å². The summed E-state index contributed by atoms with van der Waals surface area (Å²) >= 11 is 0. The SMILES string of the molecule is CC/C=C\C/C=C\C/C=C\C/C=C\C/C=C\C/C=C\C/C=C\C/C=C\C/C=C\CCCCCCCC(=O)OCC(COC(=O)CCCCCCC)OC(=O)CCCCCCCCCCCCCCCCCCCCC. The van der Waals surface area contributed by atoms with Gasteiger partial charge in [0.25, 0.3) is 0 Å². The van der Waals surface area contributed by atoms with Gasteiger partial charge >= 0.3 is 17.9 Å². The Labute approximate surface area is 463 Å². The highest BCUT2D eigenvalue weighted by atomic mass is 16.6. The van der Waals surface area contributed by atoms with Crippen LogP contribution >= 0.6 is 0 Å². The number of carbonyl (C=O) groups is 3. The van der Waals surface area contributed by atoms with Crippen molar-refractivity contribution in [1.29, 1.82) is 0 Å². The lowest BCUT2D eigenvalue weighted by atomic mass is 10.0. The molecule has 0 aromatic rings. The average molecular weight is 1040 g/mol. The highest BCUT2D eigenvalue weighted by Crippen LogP contribution is 2.16. The Kier molecular flexibility index (Phi) is 59.3. The fourth-order valence-electron chi connectivity index (χ4n) is 8.61. The zero-order valence-corrected chi connectivity index (χ0v) is 49.0. The van der Waals surface area contributed by atoms with E-state index in [9.17, 15) is 14.4 Å². The Hall–Kier alpha value is -3.93. The van der Waals surface area contributed by atoms with Crippen molar-refractivity contribution in [3.8, 4) is 0 Å². The first-order valence-electron chi connectivity index (χ1n) is 31.4. The van der Waals surface area contributed by atoms with Gasteiger partial charge < -0.3 is 14.2 Å². The molecule has 0 fully saturated rings. The second-order valence-corrected chi connectivity index (χ2v) is 20.6. The molecule has 0 aromatic heterocycles. The minimum atomic E-state index is -0.782. The Balaban J connectivity index is 4.11. The van der Waals surface area contributed by atoms with E-state index in [-0.39, 0.29) is 31.1 Å². The third-order valence-electron chi connectivity index (χ3n) is 13.3. The number of allylic oxidation sites excluding steroid dienone is 18. The zero-order valence-electron chi connectivity index (χ0n) is 49.0. The van der Waals surface area contributed by atoms with Crippen LogP contribution in [0.5, 0.6) is 0 Å². The molecule has 6 nitrogen and oxygen atoms in total. The number of esters is 3. The molecular weight excluding hydrogens is 925 g/mol. The van der Waals surface area contributed by atoms with Crippen molar-refractivity contribution in [2.24, 2.45) is 0 Å². The van der Waals surface area contributed by atoms with E-state index in [1.54, 1.807) is 0 Å². The van der Waals surface area contributed by atoms with Gasteiger partial charge in [0.2, 0.25) is 0 Å². The summed E-state index contributed by atoms with van der Waals surface area (Å²) < 4.78 is 16.7. The molecule has 0 aliphatic carbocycles. The van der Waals surface area contributed by atoms with E-state index in [1.807, 2.05) is 0 Å². The maximum absolute atomic E-state index is 12.8. The van der Waals surface area contributed by atoms with Gasteiger partial charge in [0.1, 0.15) is 13.2 Å². The molecule has 75 heavy (non-hydrogen) atoms. The van der Waals surface area contributed by atoms with Crippen LogP contribution in [0, 0.1) is 0 Å². The van der Waals surface area contributed by atoms with Crippen LogP contribution in [0.4, 0.5) is 0 Å². The molecule has 0 rings (SSSR count). The van der Waals surface area contributed by atoms with Crippen LogP contribution in [0.3, 0.4) is 0 Å². The number of ether oxygens (including phenoxy) is 3. The van der Waals surface area contributed by atoms with Crippen LogP contribution in [0.1, 0.15) is 290 Å². The molecule has 0 amide bonds. The molecule has 0 N–H and O–H groups in total. The molecule has 1 unspecified atom stereocenters. The predicted molar refractivity (Wildman–Crippen MR) is 325 cm³/mol. The quantitative estimate of drug-likeness (QED) is 0.0261. The summed E-state index contributed by atoms with van der Waals surface area (Å²) in [4.78, 5) is 37.9. The lowest BCUT2D eigenvalue weighted by molar-refractivity contribution is -0.167. The number of hydrogen-bond donors (Lipinski definition) is 0. The fourth-order valence-corrected chi connectivity index (χ4v) is 8.61. The molecule has 0 spiro atoms. The van der Waals surface area contributed by atoms with Gasteiger partial charge in [-0.05, 0) is 89.9 Å². The molecule has 0 saturated carbocycles. The van der Waals surface area contributed by atoms with Gasteiger partial charge in [0, 0.05) is 19.3 Å². The Morgan fingerprint density at radius 2 is 0.520 bits per heavy atom. The van der Waals surface area contributed by atoms with Crippen molar-refractivity contribution < 1.29 is 28.6 Å². The summed E-state index contributed by atoms with van der Waals surface area (Å²) in [5.41, 5.74) is 0. The van der Waals surface area contributed by atoms with Gasteiger partial charge in [0.05, 0.1) is 0 Å². The van der Waals surface area contributed by atoms with Gasteiger partial charge in [-0.3, -0.25) is 14.4 Å². The number of unbranched alkanes of at least 4 members (excludes halogenated alkanes) is 27. The molecule has 1 atom stereocenters. The van der Waals surface area contributed by atoms with Crippen LogP contribution in [0.25, 0.3) is 0 Å². The van der Waals surface area contributed by atoms with Crippen molar-refractivity contribution in [3.05, 3.63) is 109 Å². The minimum Gasteiger partial charge on any atom is -0.462 e. The Morgan fingerprint density at radius 1 is 0.280 bits per heavy atom. The lowest BCUT2D eigenvalue weighted by Gasteiger charge is -2.18. The highest BCUT2D eigenvalue weighted by Gasteiger charge is 2.19. The maximum atomic E-state index is 12.8. The van der Waals surface area contributed by atoms with Crippen LogP contribution in [-0.4, -0.2) is 37.2 Å². The number of carbonyl (C=O) groups excluding carboxylic acids is 3. The lowest BCUT2D eigenvalue weighted by Crippen LogP contribution is -2.30. The summed E-state index contributed by atoms with van der Waals surface area (Å²) in [5, 5.41) is 0. The molecule has 0 radical (unpaired) electrons. The normalized spacial score (nSPS) is 12.8. The average Bonchev–Trinajstić information content (AvgIpc) is 3.41. The standard InChI is InChI=1S/C69H116O6/c1-4-7-10-13-15-17-19-21-23-25-27-28-29-30-31-32-33-34-35-36-37-38-39-40-42-43-45-47-49-51-53-56-59-62-68(71)74-65-66(64-73-67(70)61-58-55-12-9-6-3)75-69(72)63-60-57-54-52-50-48-46-44-41-26-24-22-20-18-16-14-11-8-5-2/h7,10,15,17,21,23,27-28,30-31,33-34,36-37,39-40,43,45,66H,4-6,8-9,11-14,16,18-20,22,24-26,29,32,35,38,41-42,44,46-65H2,1-3H3/b10-7-,17-15-,23-21-,28-27-,31-30-,34-33-,37-36-,40-39-,45-43-. The van der Waals surface area contributed by atoms with Crippen LogP contribution < -0.4 is 0 Å². The monoisotopic (exact) mass is 1040 g/mol. The van der Waals surface area contributed by atoms with Gasteiger partial charge in [-0.1, -0.05) is 291 Å². The van der Waals surface area contributed by atoms with Gasteiger partial charge in [-0.2, -0.15) is 0 Å². The first-order chi connectivity index (χ1) is 37.0. The summed E-state index contributed by atoms with van der Waals surface area (Å²) in [6.07, 6.45) is 85.7. The van der Waals surface area contributed by atoms with Crippen LogP contribution in [0.2, 0.25) is 0 Å². The summed E-state index contributed by atoms with van der Waals surface area (Å²) in [6.45, 7) is 6.45. The van der Waals surface area contributed by atoms with Gasteiger partial charge in [-0.15, -0.1) is 0 Å². The molecule has 6 heteroatoms. The van der Waals surface area contributed by atoms with Crippen molar-refractivity contribution in [2.75, 3.05) is 13.2 Å². The third-order valence-corrected chi connectivity index (χ3v) is 13.3. The van der Waals surface area contributed by atoms with Gasteiger partial charge in [0.15, 0.2) is 6.10 Å². The van der Waals surface area contributed by atoms with E-state index < -0.39 is 6.10 Å². The largest absolute Gasteiger partial charge is 0.462 e. The molecular formula is C69H116O6. The second-order valence-electron chi connectivity index (χ2n) is 20.6. The molecule has 428 valence electrons. The van der Waals surface area contributed by atoms with Crippen LogP contribution in [0.15, 0.2) is 109 Å². The number of hydrogen-bond acceptors (Lipinski definition) is 6. The first-order valence-corrected chi connectivity index (χ1v) is 31.4. The number of rotatable bonds is 56. The van der Waals surface area contributed by atoms with E-state index in [1.165, 1.54) is 109 Å². The van der Waals surface area contributed by atoms with Crippen LogP contribution in [-0.2, 0) is 28.6 Å². The van der Waals surface area contributed by atoms with Crippen molar-refractivity contribution in [2.45, 2.75) is 297 Å². The van der Waals surface area contributed by atoms with Crippen molar-refractivity contribution in [1.82, 2.24) is 0 Å². The molecule has 0 aliphatic heterocycles. The minimum absolute atomic E-state index is 0.0829. The molecule has 0 aliphatic rings. The molecule has 0 bridgehead atoms. The predicted octanol–water partition coefficient (Wildman–Crippen LogP) is 21.4. The summed E-state index contributed by atoms with van der Waals surface area (Å²) in [6, 6.07) is 0. The van der Waals surface area contributed by atoms with E-state index in [0.29, 0.717) is 19.3 Å². The van der Waals surface area contributed by atoms with E-state index in [4.69, 9.17) is 14.2 Å². The topological polar surface area (TPSA) is 78.9 Å². The summed E-state index contributed by atoms with van der Waals surface area (Å²) in [7, 11) is 0. The van der Waals surface area contributed by atoms with E-state index in [0.717, 1.165) is 141 Å². The summed E-state index contributed by atoms with van der Waals surface area (Å²) in [5.74, 6) is -0.910. The zero-order chi connectivity index (χ0) is 54.3.